The summed E-state index contributed by atoms with van der Waals surface area (Å²) in [6.07, 6.45) is -8.29. The van der Waals surface area contributed by atoms with Gasteiger partial charge in [-0.2, -0.15) is 26.3 Å². The lowest BCUT2D eigenvalue weighted by molar-refractivity contribution is -0.138. The maximum Gasteiger partial charge on any atom is 0.416 e. The lowest BCUT2D eigenvalue weighted by Gasteiger charge is -2.09. The largest absolute Gasteiger partial charge is 0.481 e. The molecule has 39 heavy (non-hydrogen) atoms. The molecule has 0 saturated carbocycles. The van der Waals surface area contributed by atoms with Gasteiger partial charge in [0.25, 0.3) is 0 Å². The van der Waals surface area contributed by atoms with Gasteiger partial charge in [0.15, 0.2) is 0 Å². The number of rotatable bonds is 8. The standard InChI is InChI=1S/C17H14F3NO3.C10H9F3O2/c18-17(19,20)12-8-5-11(6-9-12)7-10-15(22)21-14-4-2-1-3-13(14)16(23)24;11-10(12,13)8-4-1-7(2-5-8)3-6-9(14)15/h1-6,8-9H,7,10H2,(H,21,22)(H,23,24);1-2,4-5H,3,6H2,(H,14,15). The molecule has 0 unspecified atom stereocenters. The molecule has 0 heterocycles. The predicted molar refractivity (Wildman–Crippen MR) is 129 cm³/mol. The molecule has 0 aliphatic heterocycles. The average molecular weight is 555 g/mol. The Bertz CT molecular complexity index is 1270. The Hall–Kier alpha value is -4.35. The van der Waals surface area contributed by atoms with Gasteiger partial charge in [-0.05, 0) is 60.4 Å². The second-order valence-corrected chi connectivity index (χ2v) is 8.18. The number of hydrogen-bond donors (Lipinski definition) is 3. The van der Waals surface area contributed by atoms with Crippen LogP contribution in [0, 0.1) is 0 Å². The highest BCUT2D eigenvalue weighted by Gasteiger charge is 2.30. The van der Waals surface area contributed by atoms with Crippen LogP contribution in [0.1, 0.15) is 45.5 Å². The van der Waals surface area contributed by atoms with Crippen molar-refractivity contribution in [2.24, 2.45) is 0 Å². The number of benzene rings is 3. The zero-order chi connectivity index (χ0) is 29.2. The number of aliphatic carboxylic acids is 1. The van der Waals surface area contributed by atoms with Crippen LogP contribution in [0.25, 0.3) is 0 Å². The first kappa shape index (κ1) is 30.9. The minimum absolute atomic E-state index is 0.0271. The van der Waals surface area contributed by atoms with Gasteiger partial charge in [0.2, 0.25) is 5.91 Å². The molecule has 1 amide bonds. The van der Waals surface area contributed by atoms with Crippen molar-refractivity contribution in [3.05, 3.63) is 101 Å². The number of nitrogens with one attached hydrogen (secondary N) is 1. The number of para-hydroxylation sites is 1. The number of hydrogen-bond acceptors (Lipinski definition) is 3. The Morgan fingerprint density at radius 1 is 0.641 bits per heavy atom. The minimum atomic E-state index is -4.39. The first-order valence-corrected chi connectivity index (χ1v) is 11.3. The molecule has 0 spiro atoms. The van der Waals surface area contributed by atoms with Crippen LogP contribution in [-0.2, 0) is 34.8 Å². The van der Waals surface area contributed by atoms with E-state index in [1.54, 1.807) is 12.1 Å². The van der Waals surface area contributed by atoms with Gasteiger partial charge in [0.1, 0.15) is 0 Å². The van der Waals surface area contributed by atoms with Crippen molar-refractivity contribution in [3.8, 4) is 0 Å². The fraction of sp³-hybridized carbons (Fsp3) is 0.222. The van der Waals surface area contributed by atoms with E-state index < -0.39 is 41.3 Å². The number of amides is 1. The quantitative estimate of drug-likeness (QED) is 0.269. The molecule has 0 atom stereocenters. The van der Waals surface area contributed by atoms with E-state index in [0.29, 0.717) is 11.1 Å². The SMILES string of the molecule is O=C(CCc1ccc(C(F)(F)F)cc1)Nc1ccccc1C(=O)O.O=C(O)CCc1ccc(C(F)(F)F)cc1. The zero-order valence-corrected chi connectivity index (χ0v) is 20.1. The van der Waals surface area contributed by atoms with Crippen molar-refractivity contribution < 1.29 is 50.9 Å². The smallest absolute Gasteiger partial charge is 0.416 e. The van der Waals surface area contributed by atoms with Crippen LogP contribution in [0.3, 0.4) is 0 Å². The molecule has 0 aliphatic carbocycles. The highest BCUT2D eigenvalue weighted by atomic mass is 19.4. The molecular formula is C27H23F6NO5. The molecule has 0 saturated heterocycles. The first-order chi connectivity index (χ1) is 18.2. The van der Waals surface area contributed by atoms with E-state index in [0.717, 1.165) is 24.3 Å². The number of carboxylic acid groups (broad SMARTS) is 2. The zero-order valence-electron chi connectivity index (χ0n) is 20.1. The molecule has 0 fully saturated rings. The van der Waals surface area contributed by atoms with E-state index in [2.05, 4.69) is 5.32 Å². The number of halogens is 6. The van der Waals surface area contributed by atoms with E-state index in [4.69, 9.17) is 10.2 Å². The Morgan fingerprint density at radius 3 is 1.49 bits per heavy atom. The summed E-state index contributed by atoms with van der Waals surface area (Å²) < 4.78 is 73.8. The normalized spacial score (nSPS) is 11.2. The third-order valence-electron chi connectivity index (χ3n) is 5.26. The summed E-state index contributed by atoms with van der Waals surface area (Å²) in [7, 11) is 0. The van der Waals surface area contributed by atoms with Crippen LogP contribution in [0.5, 0.6) is 0 Å². The van der Waals surface area contributed by atoms with Gasteiger partial charge in [0, 0.05) is 12.8 Å². The molecule has 3 aromatic carbocycles. The van der Waals surface area contributed by atoms with E-state index in [-0.39, 0.29) is 36.9 Å². The predicted octanol–water partition coefficient (Wildman–Crippen LogP) is 6.70. The highest BCUT2D eigenvalue weighted by molar-refractivity contribution is 6.00. The molecule has 0 aromatic heterocycles. The summed E-state index contributed by atoms with van der Waals surface area (Å²) in [5.74, 6) is -2.54. The number of carboxylic acids is 2. The number of aromatic carboxylic acids is 1. The van der Waals surface area contributed by atoms with Gasteiger partial charge in [-0.15, -0.1) is 0 Å². The summed E-state index contributed by atoms with van der Waals surface area (Å²) in [5.41, 5.74) is -0.134. The fourth-order valence-electron chi connectivity index (χ4n) is 3.22. The van der Waals surface area contributed by atoms with E-state index >= 15 is 0 Å². The van der Waals surface area contributed by atoms with Crippen molar-refractivity contribution >= 4 is 23.5 Å². The van der Waals surface area contributed by atoms with Crippen molar-refractivity contribution in [1.29, 1.82) is 0 Å². The van der Waals surface area contributed by atoms with Crippen LogP contribution in [0.4, 0.5) is 32.0 Å². The summed E-state index contributed by atoms with van der Waals surface area (Å²) in [5, 5.41) is 19.9. The molecule has 0 radical (unpaired) electrons. The highest BCUT2D eigenvalue weighted by Crippen LogP contribution is 2.30. The molecule has 3 aromatic rings. The van der Waals surface area contributed by atoms with Crippen LogP contribution in [0.2, 0.25) is 0 Å². The number of aryl methyl sites for hydroxylation is 2. The Balaban J connectivity index is 0.000000306. The molecule has 0 aliphatic rings. The van der Waals surface area contributed by atoms with Gasteiger partial charge < -0.3 is 15.5 Å². The second-order valence-electron chi connectivity index (χ2n) is 8.18. The van der Waals surface area contributed by atoms with Crippen molar-refractivity contribution in [3.63, 3.8) is 0 Å². The van der Waals surface area contributed by atoms with Crippen molar-refractivity contribution in [2.45, 2.75) is 38.0 Å². The Labute approximate surface area is 218 Å². The van der Waals surface area contributed by atoms with Gasteiger partial charge in [-0.25, -0.2) is 4.79 Å². The summed E-state index contributed by atoms with van der Waals surface area (Å²) in [6, 6.07) is 15.1. The number of carbonyl (C=O) groups excluding carboxylic acids is 1. The molecule has 3 N–H and O–H groups in total. The molecule has 0 bridgehead atoms. The average Bonchev–Trinajstić information content (AvgIpc) is 2.86. The topological polar surface area (TPSA) is 104 Å². The first-order valence-electron chi connectivity index (χ1n) is 11.3. The third-order valence-corrected chi connectivity index (χ3v) is 5.26. The maximum atomic E-state index is 12.5. The Morgan fingerprint density at radius 2 is 1.08 bits per heavy atom. The van der Waals surface area contributed by atoms with Gasteiger partial charge >= 0.3 is 24.3 Å². The van der Waals surface area contributed by atoms with Crippen LogP contribution >= 0.6 is 0 Å². The van der Waals surface area contributed by atoms with Gasteiger partial charge in [-0.3, -0.25) is 9.59 Å². The monoisotopic (exact) mass is 555 g/mol. The van der Waals surface area contributed by atoms with E-state index in [9.17, 15) is 40.7 Å². The number of alkyl halides is 6. The van der Waals surface area contributed by atoms with Crippen LogP contribution < -0.4 is 5.32 Å². The molecule has 208 valence electrons. The molecule has 12 heteroatoms. The fourth-order valence-corrected chi connectivity index (χ4v) is 3.22. The lowest BCUT2D eigenvalue weighted by atomic mass is 10.1. The minimum Gasteiger partial charge on any atom is -0.481 e. The number of carbonyl (C=O) groups is 3. The Kier molecular flexibility index (Phi) is 10.6. The molecular weight excluding hydrogens is 532 g/mol. The van der Waals surface area contributed by atoms with Gasteiger partial charge in [-0.1, -0.05) is 36.4 Å². The van der Waals surface area contributed by atoms with Crippen LogP contribution in [-0.4, -0.2) is 28.1 Å². The van der Waals surface area contributed by atoms with Gasteiger partial charge in [0.05, 0.1) is 22.4 Å². The summed E-state index contributed by atoms with van der Waals surface area (Å²) in [4.78, 5) is 33.2. The van der Waals surface area contributed by atoms with Crippen molar-refractivity contribution in [1.82, 2.24) is 0 Å². The van der Waals surface area contributed by atoms with Crippen LogP contribution in [0.15, 0.2) is 72.8 Å². The maximum absolute atomic E-state index is 12.5. The third kappa shape index (κ3) is 10.5. The summed E-state index contributed by atoms with van der Waals surface area (Å²) in [6.45, 7) is 0. The summed E-state index contributed by atoms with van der Waals surface area (Å²) >= 11 is 0. The number of anilines is 1. The van der Waals surface area contributed by atoms with E-state index in [1.165, 1.54) is 36.4 Å². The second kappa shape index (κ2) is 13.4. The van der Waals surface area contributed by atoms with E-state index in [1.807, 2.05) is 0 Å². The molecule has 3 rings (SSSR count). The lowest BCUT2D eigenvalue weighted by Crippen LogP contribution is -2.15. The molecule has 6 nitrogen and oxygen atoms in total. The van der Waals surface area contributed by atoms with Crippen molar-refractivity contribution in [2.75, 3.05) is 5.32 Å².